The van der Waals surface area contributed by atoms with Gasteiger partial charge in [-0.25, -0.2) is 12.2 Å². The van der Waals surface area contributed by atoms with Gasteiger partial charge in [-0.15, -0.1) is 6.42 Å². The Morgan fingerprint density at radius 3 is 2.45 bits per heavy atom. The van der Waals surface area contributed by atoms with Crippen molar-refractivity contribution < 1.29 is 26.5 Å². The van der Waals surface area contributed by atoms with E-state index in [4.69, 9.17) is 4.74 Å². The molecule has 1 nitrogen and oxygen atoms in total. The molecule has 1 aliphatic rings. The summed E-state index contributed by atoms with van der Waals surface area (Å²) in [6.07, 6.45) is 13.5. The molecule has 0 saturated carbocycles. The molecule has 0 fully saturated rings. The molecule has 0 heterocycles. The Labute approximate surface area is 153 Å². The summed E-state index contributed by atoms with van der Waals surface area (Å²) in [7, 11) is 1.08. The molecule has 0 atom stereocenters. The second kappa shape index (κ2) is 16.3. The van der Waals surface area contributed by atoms with Gasteiger partial charge in [-0.3, -0.25) is 6.08 Å². The number of allylic oxidation sites excluding steroid dienone is 6. The predicted octanol–water partition coefficient (Wildman–Crippen LogP) is 5.55. The molecule has 0 spiro atoms. The third-order valence-electron chi connectivity index (χ3n) is 2.28. The van der Waals surface area contributed by atoms with Crippen molar-refractivity contribution in [3.63, 3.8) is 0 Å². The van der Waals surface area contributed by atoms with E-state index in [1.54, 1.807) is 12.3 Å². The van der Waals surface area contributed by atoms with Crippen molar-refractivity contribution in [2.45, 2.75) is 33.4 Å². The molecule has 0 saturated heterocycles. The third-order valence-corrected chi connectivity index (χ3v) is 2.28. The van der Waals surface area contributed by atoms with Crippen LogP contribution in [0.4, 0.5) is 0 Å². The van der Waals surface area contributed by atoms with Gasteiger partial charge >= 0.3 is 0 Å². The van der Waals surface area contributed by atoms with E-state index in [0.29, 0.717) is 0 Å². The van der Waals surface area contributed by atoms with Crippen LogP contribution in [0.1, 0.15) is 18.9 Å². The van der Waals surface area contributed by atoms with Crippen molar-refractivity contribution in [3.05, 3.63) is 78.6 Å². The average molecular weight is 345 g/mol. The van der Waals surface area contributed by atoms with Crippen LogP contribution in [0.25, 0.3) is 0 Å². The van der Waals surface area contributed by atoms with E-state index in [9.17, 15) is 0 Å². The molecule has 1 aliphatic carbocycles. The number of aryl methyl sites for hydroxylation is 1. The zero-order valence-corrected chi connectivity index (χ0v) is 16.6. The van der Waals surface area contributed by atoms with Gasteiger partial charge in [-0.2, -0.15) is 6.08 Å². The predicted molar refractivity (Wildman–Crippen MR) is 94.8 cm³/mol. The number of rotatable bonds is 3. The number of ether oxygens (including phenoxy) is 1. The van der Waals surface area contributed by atoms with E-state index in [1.165, 1.54) is 5.56 Å². The molecule has 0 amide bonds. The molecule has 116 valence electrons. The summed E-state index contributed by atoms with van der Waals surface area (Å²) in [5.74, 6) is 0.862. The summed E-state index contributed by atoms with van der Waals surface area (Å²) in [4.78, 5) is 0. The molecule has 3 heteroatoms. The smallest absolute Gasteiger partial charge is 0.126 e. The van der Waals surface area contributed by atoms with Gasteiger partial charge in [-0.05, 0) is 37.1 Å². The first kappa shape index (κ1) is 23.2. The molecular weight excluding hydrogens is 320 g/mol. The molecular formula is C19H25OSiTi-. The Morgan fingerprint density at radius 1 is 1.36 bits per heavy atom. The fourth-order valence-electron chi connectivity index (χ4n) is 1.24. The van der Waals surface area contributed by atoms with Gasteiger partial charge in [0.2, 0.25) is 0 Å². The quantitative estimate of drug-likeness (QED) is 0.302. The molecule has 2 radical (unpaired) electrons. The Kier molecular flexibility index (Phi) is 17.2. The first-order valence-electron chi connectivity index (χ1n) is 6.96. The summed E-state index contributed by atoms with van der Waals surface area (Å²) < 4.78 is 5.41. The minimum atomic E-state index is 0. The van der Waals surface area contributed by atoms with Gasteiger partial charge < -0.3 is 4.74 Å². The number of hydrogen-bond acceptors (Lipinski definition) is 1. The summed E-state index contributed by atoms with van der Waals surface area (Å²) in [5, 5.41) is 0. The number of benzene rings is 1. The molecule has 0 aromatic heterocycles. The van der Waals surface area contributed by atoms with Crippen molar-refractivity contribution in [2.75, 3.05) is 0 Å². The first-order valence-corrected chi connectivity index (χ1v) is 8.96. The molecule has 0 N–H and O–H groups in total. The normalized spacial score (nSPS) is 11.4. The molecule has 0 aliphatic heterocycles. The summed E-state index contributed by atoms with van der Waals surface area (Å²) in [6.45, 7) is 11.9. The van der Waals surface area contributed by atoms with Crippen LogP contribution in [0, 0.1) is 13.0 Å². The second-order valence-corrected chi connectivity index (χ2v) is 5.50. The van der Waals surface area contributed by atoms with E-state index in [0.717, 1.165) is 27.3 Å². The van der Waals surface area contributed by atoms with Crippen molar-refractivity contribution >= 4 is 9.52 Å². The summed E-state index contributed by atoms with van der Waals surface area (Å²) >= 11 is 0. The van der Waals surface area contributed by atoms with Crippen LogP contribution in [0.5, 0.6) is 5.75 Å². The molecule has 22 heavy (non-hydrogen) atoms. The standard InChI is InChI=1S/C12H14O.C5H5.C2H6Si.Ti/c1-4-10(2)9-13-12-7-5-6-11(3)8-12;1-2-4-5-3-1;1-3-2;/h4-9H,1H2,2-3H3;1-3H,4H2;1-2H3;/q;-1;;. The van der Waals surface area contributed by atoms with Gasteiger partial charge in [0.25, 0.3) is 0 Å². The van der Waals surface area contributed by atoms with Gasteiger partial charge in [0, 0.05) is 31.2 Å². The van der Waals surface area contributed by atoms with Gasteiger partial charge in [0.15, 0.2) is 0 Å². The van der Waals surface area contributed by atoms with Crippen LogP contribution < -0.4 is 4.74 Å². The van der Waals surface area contributed by atoms with Gasteiger partial charge in [0.1, 0.15) is 5.75 Å². The van der Waals surface area contributed by atoms with E-state index in [2.05, 4.69) is 31.8 Å². The van der Waals surface area contributed by atoms with Crippen LogP contribution in [0.2, 0.25) is 13.1 Å². The molecule has 1 aromatic carbocycles. The van der Waals surface area contributed by atoms with Crippen molar-refractivity contribution in [1.82, 2.24) is 0 Å². The first-order chi connectivity index (χ1) is 10.1. The van der Waals surface area contributed by atoms with Crippen LogP contribution in [0.3, 0.4) is 0 Å². The van der Waals surface area contributed by atoms with E-state index < -0.39 is 0 Å². The third kappa shape index (κ3) is 13.9. The van der Waals surface area contributed by atoms with Crippen LogP contribution in [0.15, 0.2) is 67.0 Å². The van der Waals surface area contributed by atoms with Crippen LogP contribution in [-0.4, -0.2) is 9.52 Å². The maximum absolute atomic E-state index is 5.41. The fourth-order valence-corrected chi connectivity index (χ4v) is 1.24. The molecule has 1 aromatic rings. The van der Waals surface area contributed by atoms with Crippen molar-refractivity contribution in [1.29, 1.82) is 0 Å². The Balaban J connectivity index is 0. The SMILES string of the molecule is C=CC(C)=COc1cccc(C)c1.C[Si]C.[C-]1=CC=CC1.[Ti]. The maximum Gasteiger partial charge on any atom is 0.126 e. The molecule has 2 rings (SSSR count). The average Bonchev–Trinajstić information content (AvgIpc) is 3.05. The molecule has 0 bridgehead atoms. The van der Waals surface area contributed by atoms with Crippen LogP contribution in [-0.2, 0) is 21.7 Å². The Bertz CT molecular complexity index is 480. The minimum Gasteiger partial charge on any atom is -0.465 e. The number of hydrogen-bond donors (Lipinski definition) is 0. The Hall–Kier alpha value is -1.09. The topological polar surface area (TPSA) is 9.23 Å². The Morgan fingerprint density at radius 2 is 2.05 bits per heavy atom. The van der Waals surface area contributed by atoms with Crippen molar-refractivity contribution in [2.24, 2.45) is 0 Å². The van der Waals surface area contributed by atoms with Crippen LogP contribution >= 0.6 is 0 Å². The molecule has 0 unspecified atom stereocenters. The van der Waals surface area contributed by atoms with E-state index >= 15 is 0 Å². The zero-order chi connectivity index (χ0) is 15.9. The second-order valence-electron chi connectivity index (χ2n) is 4.50. The maximum atomic E-state index is 5.41. The van der Waals surface area contributed by atoms with Crippen molar-refractivity contribution in [3.8, 4) is 5.75 Å². The van der Waals surface area contributed by atoms with Gasteiger partial charge in [0.05, 0.1) is 6.26 Å². The zero-order valence-electron chi connectivity index (χ0n) is 14.0. The largest absolute Gasteiger partial charge is 0.465 e. The van der Waals surface area contributed by atoms with E-state index in [-0.39, 0.29) is 21.7 Å². The summed E-state index contributed by atoms with van der Waals surface area (Å²) in [5.41, 5.74) is 2.21. The minimum absolute atomic E-state index is 0. The van der Waals surface area contributed by atoms with E-state index in [1.807, 2.05) is 50.3 Å². The van der Waals surface area contributed by atoms with Gasteiger partial charge in [-0.1, -0.05) is 37.9 Å². The monoisotopic (exact) mass is 345 g/mol. The summed E-state index contributed by atoms with van der Waals surface area (Å²) in [6, 6.07) is 7.94. The fraction of sp³-hybridized carbons (Fsp3) is 0.263.